The summed E-state index contributed by atoms with van der Waals surface area (Å²) in [6, 6.07) is 8.35. The largest absolute Gasteiger partial charge is 0.496 e. The van der Waals surface area contributed by atoms with Crippen molar-refractivity contribution in [2.24, 2.45) is 0 Å². The molecule has 3 rings (SSSR count). The zero-order valence-electron chi connectivity index (χ0n) is 16.8. The number of nitrogens with one attached hydrogen (secondary N) is 1. The van der Waals surface area contributed by atoms with E-state index in [1.807, 2.05) is 0 Å². The first-order valence-corrected chi connectivity index (χ1v) is 10.1. The Morgan fingerprint density at radius 3 is 2.52 bits per heavy atom. The van der Waals surface area contributed by atoms with Gasteiger partial charge in [0.05, 0.1) is 14.2 Å². The minimum absolute atomic E-state index is 0.171. The average Bonchev–Trinajstić information content (AvgIpc) is 3.07. The summed E-state index contributed by atoms with van der Waals surface area (Å²) in [5.74, 6) is 2.45. The van der Waals surface area contributed by atoms with E-state index in [-0.39, 0.29) is 5.91 Å². The van der Waals surface area contributed by atoms with Gasteiger partial charge in [-0.15, -0.1) is 0 Å². The summed E-state index contributed by atoms with van der Waals surface area (Å²) >= 11 is 0. The summed E-state index contributed by atoms with van der Waals surface area (Å²) in [4.78, 5) is 12.1. The Morgan fingerprint density at radius 1 is 1.07 bits per heavy atom. The molecule has 1 amide bonds. The normalized spacial score (nSPS) is 15.1. The van der Waals surface area contributed by atoms with Crippen LogP contribution in [0, 0.1) is 0 Å². The van der Waals surface area contributed by atoms with Crippen molar-refractivity contribution in [2.75, 3.05) is 20.8 Å². The van der Waals surface area contributed by atoms with Crippen LogP contribution in [0.2, 0.25) is 0 Å². The number of benzene rings is 2. The first-order chi connectivity index (χ1) is 13.2. The highest BCUT2D eigenvalue weighted by molar-refractivity contribution is 5.95. The Kier molecular flexibility index (Phi) is 6.59. The van der Waals surface area contributed by atoms with E-state index in [0.29, 0.717) is 12.3 Å². The molecule has 27 heavy (non-hydrogen) atoms. The lowest BCUT2D eigenvalue weighted by Gasteiger charge is -2.15. The molecule has 0 aromatic heterocycles. The Hall–Kier alpha value is -2.23. The van der Waals surface area contributed by atoms with Crippen LogP contribution in [0.4, 0.5) is 0 Å². The van der Waals surface area contributed by atoms with Gasteiger partial charge in [-0.05, 0) is 54.5 Å². The minimum atomic E-state index is 0.171. The molecule has 0 saturated heterocycles. The molecule has 0 saturated carbocycles. The van der Waals surface area contributed by atoms with Crippen molar-refractivity contribution in [3.8, 4) is 11.5 Å². The van der Waals surface area contributed by atoms with Gasteiger partial charge in [0.15, 0.2) is 0 Å². The van der Waals surface area contributed by atoms with Crippen molar-refractivity contribution in [3.05, 3.63) is 35.4 Å². The van der Waals surface area contributed by atoms with Gasteiger partial charge in [-0.2, -0.15) is 0 Å². The number of ether oxygens (including phenoxy) is 2. The highest BCUT2D eigenvalue weighted by Crippen LogP contribution is 2.48. The van der Waals surface area contributed by atoms with E-state index in [2.05, 4.69) is 36.5 Å². The Balaban J connectivity index is 1.67. The average molecular weight is 370 g/mol. The second-order valence-electron chi connectivity index (χ2n) is 7.38. The maximum Gasteiger partial charge on any atom is 0.219 e. The van der Waals surface area contributed by atoms with E-state index in [1.165, 1.54) is 34.7 Å². The third-order valence-corrected chi connectivity index (χ3v) is 5.61. The molecule has 1 unspecified atom stereocenters. The standard InChI is InChI=1S/C23H31NO3/c1-4-5-6-14-24-21(25)9-7-8-17-15-18-19(26-2)12-10-16-11-13-20(27-3)23(17)22(16)18/h10-13,17H,4-9,14-15H2,1-3H3,(H,24,25). The Bertz CT molecular complexity index is 795. The topological polar surface area (TPSA) is 47.6 Å². The van der Waals surface area contributed by atoms with Gasteiger partial charge in [0.25, 0.3) is 0 Å². The third-order valence-electron chi connectivity index (χ3n) is 5.61. The molecular formula is C23H31NO3. The van der Waals surface area contributed by atoms with Crippen molar-refractivity contribution in [3.63, 3.8) is 0 Å². The van der Waals surface area contributed by atoms with Crippen LogP contribution in [0.1, 0.15) is 62.5 Å². The molecule has 4 heteroatoms. The first kappa shape index (κ1) is 19.5. The second-order valence-corrected chi connectivity index (χ2v) is 7.38. The molecule has 0 spiro atoms. The predicted molar refractivity (Wildman–Crippen MR) is 110 cm³/mol. The highest BCUT2D eigenvalue weighted by atomic mass is 16.5. The molecule has 2 aromatic rings. The molecule has 0 fully saturated rings. The smallest absolute Gasteiger partial charge is 0.219 e. The number of methoxy groups -OCH3 is 2. The zero-order chi connectivity index (χ0) is 19.2. The van der Waals surface area contributed by atoms with Crippen LogP contribution in [-0.4, -0.2) is 26.7 Å². The quantitative estimate of drug-likeness (QED) is 0.601. The zero-order valence-corrected chi connectivity index (χ0v) is 16.8. The number of amides is 1. The number of carbonyl (C=O) groups is 1. The first-order valence-electron chi connectivity index (χ1n) is 10.1. The van der Waals surface area contributed by atoms with E-state index in [4.69, 9.17) is 9.47 Å². The number of carbonyl (C=O) groups excluding carboxylic acids is 1. The number of hydrogen-bond donors (Lipinski definition) is 1. The summed E-state index contributed by atoms with van der Waals surface area (Å²) in [7, 11) is 3.46. The fraction of sp³-hybridized carbons (Fsp3) is 0.522. The lowest BCUT2D eigenvalue weighted by Crippen LogP contribution is -2.24. The van der Waals surface area contributed by atoms with Gasteiger partial charge in [0.1, 0.15) is 11.5 Å². The summed E-state index contributed by atoms with van der Waals surface area (Å²) in [5, 5.41) is 5.55. The van der Waals surface area contributed by atoms with Crippen LogP contribution in [0.5, 0.6) is 11.5 Å². The van der Waals surface area contributed by atoms with E-state index in [9.17, 15) is 4.79 Å². The predicted octanol–water partition coefficient (Wildman–Crippen LogP) is 4.97. The van der Waals surface area contributed by atoms with Crippen LogP contribution < -0.4 is 14.8 Å². The van der Waals surface area contributed by atoms with Crippen molar-refractivity contribution in [2.45, 2.75) is 57.8 Å². The highest BCUT2D eigenvalue weighted by Gasteiger charge is 2.30. The number of rotatable bonds is 10. The maximum absolute atomic E-state index is 12.1. The fourth-order valence-electron chi connectivity index (χ4n) is 4.25. The van der Waals surface area contributed by atoms with Crippen LogP contribution in [0.3, 0.4) is 0 Å². The molecule has 1 aliphatic carbocycles. The third kappa shape index (κ3) is 4.20. The van der Waals surface area contributed by atoms with E-state index in [1.54, 1.807) is 14.2 Å². The van der Waals surface area contributed by atoms with Crippen LogP contribution in [0.25, 0.3) is 10.8 Å². The SMILES string of the molecule is CCCCCNC(=O)CCCC1Cc2c(OC)ccc3ccc(OC)c1c23. The summed E-state index contributed by atoms with van der Waals surface area (Å²) < 4.78 is 11.3. The van der Waals surface area contributed by atoms with Gasteiger partial charge in [-0.25, -0.2) is 0 Å². The van der Waals surface area contributed by atoms with Crippen molar-refractivity contribution in [1.82, 2.24) is 5.32 Å². The lowest BCUT2D eigenvalue weighted by atomic mass is 9.93. The van der Waals surface area contributed by atoms with Crippen LogP contribution in [0.15, 0.2) is 24.3 Å². The van der Waals surface area contributed by atoms with Gasteiger partial charge in [0, 0.05) is 24.1 Å². The number of unbranched alkanes of at least 4 members (excludes halogenated alkanes) is 2. The fourth-order valence-corrected chi connectivity index (χ4v) is 4.25. The molecule has 146 valence electrons. The molecule has 0 bridgehead atoms. The molecule has 0 heterocycles. The second kappa shape index (κ2) is 9.12. The molecule has 0 radical (unpaired) electrons. The van der Waals surface area contributed by atoms with Crippen LogP contribution >= 0.6 is 0 Å². The van der Waals surface area contributed by atoms with E-state index < -0.39 is 0 Å². The van der Waals surface area contributed by atoms with Gasteiger partial charge in [-0.3, -0.25) is 4.79 Å². The lowest BCUT2D eigenvalue weighted by molar-refractivity contribution is -0.121. The van der Waals surface area contributed by atoms with E-state index >= 15 is 0 Å². The Morgan fingerprint density at radius 2 is 1.81 bits per heavy atom. The molecule has 2 aromatic carbocycles. The van der Waals surface area contributed by atoms with Gasteiger partial charge in [0.2, 0.25) is 5.91 Å². The molecule has 1 atom stereocenters. The molecule has 0 aliphatic heterocycles. The monoisotopic (exact) mass is 369 g/mol. The maximum atomic E-state index is 12.1. The summed E-state index contributed by atoms with van der Waals surface area (Å²) in [6.07, 6.45) is 6.83. The molecular weight excluding hydrogens is 338 g/mol. The summed E-state index contributed by atoms with van der Waals surface area (Å²) in [6.45, 7) is 2.97. The van der Waals surface area contributed by atoms with Crippen molar-refractivity contribution < 1.29 is 14.3 Å². The van der Waals surface area contributed by atoms with Crippen molar-refractivity contribution in [1.29, 1.82) is 0 Å². The number of hydrogen-bond acceptors (Lipinski definition) is 3. The van der Waals surface area contributed by atoms with Gasteiger partial charge in [-0.1, -0.05) is 31.9 Å². The molecule has 4 nitrogen and oxygen atoms in total. The van der Waals surface area contributed by atoms with E-state index in [0.717, 1.165) is 43.7 Å². The van der Waals surface area contributed by atoms with Crippen molar-refractivity contribution >= 4 is 16.7 Å². The van der Waals surface area contributed by atoms with Gasteiger partial charge < -0.3 is 14.8 Å². The minimum Gasteiger partial charge on any atom is -0.496 e. The Labute approximate surface area is 162 Å². The molecule has 1 N–H and O–H groups in total. The van der Waals surface area contributed by atoms with Gasteiger partial charge >= 0.3 is 0 Å². The van der Waals surface area contributed by atoms with Crippen LogP contribution in [-0.2, 0) is 11.2 Å². The molecule has 1 aliphatic rings. The summed E-state index contributed by atoms with van der Waals surface area (Å²) in [5.41, 5.74) is 2.56.